The molecule has 1 heterocycles. The van der Waals surface area contributed by atoms with Crippen molar-refractivity contribution in [2.45, 2.75) is 77.2 Å². The van der Waals surface area contributed by atoms with E-state index >= 15 is 0 Å². The van der Waals surface area contributed by atoms with Gasteiger partial charge in [-0.05, 0) is 56.4 Å². The lowest BCUT2D eigenvalue weighted by atomic mass is 9.59. The lowest BCUT2D eigenvalue weighted by Crippen LogP contribution is -2.68. The molecule has 2 N–H and O–H groups in total. The van der Waals surface area contributed by atoms with Gasteiger partial charge in [-0.25, -0.2) is 0 Å². The number of allylic oxidation sites excluding steroid dienone is 1. The van der Waals surface area contributed by atoms with Crippen molar-refractivity contribution in [1.82, 2.24) is 0 Å². The van der Waals surface area contributed by atoms with Crippen LogP contribution in [0.2, 0.25) is 0 Å². The van der Waals surface area contributed by atoms with E-state index in [0.717, 1.165) is 12.8 Å². The zero-order valence-electron chi connectivity index (χ0n) is 16.7. The molecule has 4 rings (SSSR count). The largest absolute Gasteiger partial charge is 0.390 e. The second-order valence-electron chi connectivity index (χ2n) is 9.52. The number of aliphatic hydroxyl groups is 2. The molecule has 0 spiro atoms. The van der Waals surface area contributed by atoms with Crippen molar-refractivity contribution in [3.05, 3.63) is 24.3 Å². The van der Waals surface area contributed by atoms with Gasteiger partial charge < -0.3 is 19.7 Å². The van der Waals surface area contributed by atoms with Gasteiger partial charge in [-0.3, -0.25) is 4.79 Å². The molecule has 2 saturated carbocycles. The first-order chi connectivity index (χ1) is 12.6. The molecule has 0 aromatic rings. The third-order valence-corrected chi connectivity index (χ3v) is 7.69. The van der Waals surface area contributed by atoms with Crippen molar-refractivity contribution in [2.24, 2.45) is 29.1 Å². The van der Waals surface area contributed by atoms with Crippen LogP contribution in [0.5, 0.6) is 0 Å². The van der Waals surface area contributed by atoms with Crippen LogP contribution in [0.4, 0.5) is 0 Å². The van der Waals surface area contributed by atoms with Gasteiger partial charge in [0.05, 0.1) is 23.7 Å². The van der Waals surface area contributed by atoms with Gasteiger partial charge in [-0.1, -0.05) is 32.6 Å². The number of carbonyl (C=O) groups is 1. The fourth-order valence-corrected chi connectivity index (χ4v) is 6.12. The molecule has 9 atom stereocenters. The van der Waals surface area contributed by atoms with Gasteiger partial charge in [0.2, 0.25) is 0 Å². The van der Waals surface area contributed by atoms with E-state index in [0.29, 0.717) is 12.0 Å². The minimum Gasteiger partial charge on any atom is -0.390 e. The number of carbonyl (C=O) groups excluding carboxylic acids is 1. The van der Waals surface area contributed by atoms with E-state index in [9.17, 15) is 15.0 Å². The summed E-state index contributed by atoms with van der Waals surface area (Å²) in [7, 11) is 0. The van der Waals surface area contributed by atoms with Crippen LogP contribution in [0, 0.1) is 29.1 Å². The molecule has 2 bridgehead atoms. The highest BCUT2D eigenvalue weighted by Crippen LogP contribution is 2.62. The highest BCUT2D eigenvalue weighted by Gasteiger charge is 2.71. The Balaban J connectivity index is 1.79. The number of rotatable bonds is 2. The molecular formula is C22H32O5. The smallest absolute Gasteiger partial charge is 0.170 e. The van der Waals surface area contributed by atoms with Crippen LogP contribution in [0.1, 0.15) is 47.0 Å². The van der Waals surface area contributed by atoms with Gasteiger partial charge in [0.1, 0.15) is 6.10 Å². The van der Waals surface area contributed by atoms with E-state index in [2.05, 4.69) is 13.5 Å². The summed E-state index contributed by atoms with van der Waals surface area (Å²) in [6, 6.07) is 0. The molecule has 0 amide bonds. The van der Waals surface area contributed by atoms with Gasteiger partial charge in [-0.2, -0.15) is 0 Å². The average Bonchev–Trinajstić information content (AvgIpc) is 2.75. The number of aliphatic hydroxyl groups excluding tert-OH is 2. The summed E-state index contributed by atoms with van der Waals surface area (Å²) >= 11 is 0. The molecule has 27 heavy (non-hydrogen) atoms. The van der Waals surface area contributed by atoms with Crippen molar-refractivity contribution in [2.75, 3.05) is 0 Å². The second-order valence-corrected chi connectivity index (χ2v) is 9.52. The predicted molar refractivity (Wildman–Crippen MR) is 101 cm³/mol. The van der Waals surface area contributed by atoms with Crippen molar-refractivity contribution >= 4 is 5.78 Å². The van der Waals surface area contributed by atoms with Gasteiger partial charge in [-0.15, -0.1) is 0 Å². The Morgan fingerprint density at radius 1 is 1.26 bits per heavy atom. The standard InChI is InChI=1S/C22H32O5/c1-11-9-10-15-13(3)18(25)22(11)19(15)26-21(4,5)27-20(22)17(24)14-7-6-8-16(23)12(14)2/h6,8,11-12,14-17,19-20,23-24H,3,7,9-10H2,1-2,4-5H3. The Hall–Kier alpha value is -1.01. The van der Waals surface area contributed by atoms with E-state index in [4.69, 9.17) is 9.47 Å². The molecule has 3 aliphatic carbocycles. The SMILES string of the molecule is C=C1C(=O)C23C(C)CCC1C2OC(C)(C)OC3C(O)C1CC=CC(O)C1C. The minimum atomic E-state index is -0.888. The molecule has 5 heteroatoms. The first-order valence-corrected chi connectivity index (χ1v) is 10.2. The van der Waals surface area contributed by atoms with E-state index in [1.807, 2.05) is 26.8 Å². The molecule has 150 valence electrons. The third-order valence-electron chi connectivity index (χ3n) is 7.69. The second kappa shape index (κ2) is 6.24. The fourth-order valence-electron chi connectivity index (χ4n) is 6.12. The third kappa shape index (κ3) is 2.55. The Morgan fingerprint density at radius 3 is 2.67 bits per heavy atom. The van der Waals surface area contributed by atoms with Gasteiger partial charge in [0.25, 0.3) is 0 Å². The van der Waals surface area contributed by atoms with Crippen molar-refractivity contribution in [3.8, 4) is 0 Å². The number of ketones is 1. The maximum Gasteiger partial charge on any atom is 0.170 e. The van der Waals surface area contributed by atoms with E-state index < -0.39 is 29.5 Å². The molecule has 1 saturated heterocycles. The molecular weight excluding hydrogens is 344 g/mol. The van der Waals surface area contributed by atoms with Gasteiger partial charge >= 0.3 is 0 Å². The minimum absolute atomic E-state index is 0.000778. The zero-order chi connectivity index (χ0) is 19.7. The van der Waals surface area contributed by atoms with Crippen LogP contribution in [-0.2, 0) is 14.3 Å². The molecule has 5 nitrogen and oxygen atoms in total. The van der Waals surface area contributed by atoms with Crippen LogP contribution >= 0.6 is 0 Å². The summed E-state index contributed by atoms with van der Waals surface area (Å²) in [6.45, 7) is 11.8. The van der Waals surface area contributed by atoms with Crippen molar-refractivity contribution in [1.29, 1.82) is 0 Å². The summed E-state index contributed by atoms with van der Waals surface area (Å²) in [4.78, 5) is 13.5. The quantitative estimate of drug-likeness (QED) is 0.572. The summed E-state index contributed by atoms with van der Waals surface area (Å²) in [5, 5.41) is 21.7. The Bertz CT molecular complexity index is 682. The summed E-state index contributed by atoms with van der Waals surface area (Å²) in [5.41, 5.74) is -0.264. The van der Waals surface area contributed by atoms with Crippen LogP contribution in [0.3, 0.4) is 0 Å². The van der Waals surface area contributed by atoms with E-state index in [-0.39, 0.29) is 35.6 Å². The Labute approximate surface area is 161 Å². The predicted octanol–water partition coefficient (Wildman–Crippen LogP) is 2.61. The summed E-state index contributed by atoms with van der Waals surface area (Å²) < 4.78 is 12.6. The number of ether oxygens (including phenoxy) is 2. The average molecular weight is 376 g/mol. The number of hydrogen-bond donors (Lipinski definition) is 2. The summed E-state index contributed by atoms with van der Waals surface area (Å²) in [5.74, 6) is -1.12. The highest BCUT2D eigenvalue weighted by molar-refractivity contribution is 6.04. The number of hydrogen-bond acceptors (Lipinski definition) is 5. The maximum atomic E-state index is 13.5. The molecule has 0 aromatic carbocycles. The van der Waals surface area contributed by atoms with Crippen LogP contribution in [0.15, 0.2) is 24.3 Å². The normalized spacial score (nSPS) is 49.8. The highest BCUT2D eigenvalue weighted by atomic mass is 16.7. The van der Waals surface area contributed by atoms with E-state index in [1.54, 1.807) is 6.08 Å². The van der Waals surface area contributed by atoms with E-state index in [1.165, 1.54) is 0 Å². The van der Waals surface area contributed by atoms with Crippen LogP contribution in [0.25, 0.3) is 0 Å². The molecule has 0 radical (unpaired) electrons. The fraction of sp³-hybridized carbons (Fsp3) is 0.773. The molecule has 3 fully saturated rings. The first kappa shape index (κ1) is 19.3. The topological polar surface area (TPSA) is 76.0 Å². The van der Waals surface area contributed by atoms with Crippen LogP contribution in [-0.4, -0.2) is 46.2 Å². The summed E-state index contributed by atoms with van der Waals surface area (Å²) in [6.07, 6.45) is 3.72. The van der Waals surface area contributed by atoms with Crippen molar-refractivity contribution in [3.63, 3.8) is 0 Å². The molecule has 4 aliphatic rings. The molecule has 9 unspecified atom stereocenters. The molecule has 0 aromatic heterocycles. The maximum absolute atomic E-state index is 13.5. The lowest BCUT2D eigenvalue weighted by molar-refractivity contribution is -0.369. The lowest BCUT2D eigenvalue weighted by Gasteiger charge is -2.57. The monoisotopic (exact) mass is 376 g/mol. The van der Waals surface area contributed by atoms with Crippen LogP contribution < -0.4 is 0 Å². The Kier molecular flexibility index (Phi) is 4.47. The Morgan fingerprint density at radius 2 is 1.96 bits per heavy atom. The van der Waals surface area contributed by atoms with Crippen molar-refractivity contribution < 1.29 is 24.5 Å². The van der Waals surface area contributed by atoms with Gasteiger partial charge in [0, 0.05) is 5.92 Å². The number of Topliss-reactive ketones (excluding diaryl/α,β-unsaturated/α-hetero) is 1. The first-order valence-electron chi connectivity index (χ1n) is 10.2. The zero-order valence-corrected chi connectivity index (χ0v) is 16.7. The molecule has 1 aliphatic heterocycles. The van der Waals surface area contributed by atoms with Gasteiger partial charge in [0.15, 0.2) is 11.6 Å².